The third-order valence-corrected chi connectivity index (χ3v) is 3.53. The highest BCUT2D eigenvalue weighted by atomic mass is 16.4. The van der Waals surface area contributed by atoms with Crippen LogP contribution in [0.4, 0.5) is 0 Å². The minimum absolute atomic E-state index is 0.141. The molecule has 1 aromatic rings. The van der Waals surface area contributed by atoms with Gasteiger partial charge in [0, 0.05) is 6.04 Å². The number of benzene rings is 1. The van der Waals surface area contributed by atoms with Crippen LogP contribution in [-0.2, 0) is 4.79 Å². The molecule has 0 bridgehead atoms. The van der Waals surface area contributed by atoms with Gasteiger partial charge in [-0.2, -0.15) is 0 Å². The van der Waals surface area contributed by atoms with Gasteiger partial charge >= 0.3 is 5.97 Å². The van der Waals surface area contributed by atoms with E-state index in [1.165, 1.54) is 5.56 Å². The number of rotatable bonds is 6. The van der Waals surface area contributed by atoms with Crippen LogP contribution in [0.3, 0.4) is 0 Å². The molecule has 1 atom stereocenters. The molecule has 1 N–H and O–H groups in total. The Kier molecular flexibility index (Phi) is 4.91. The van der Waals surface area contributed by atoms with Crippen LogP contribution in [0.25, 0.3) is 0 Å². The molecule has 1 aromatic carbocycles. The maximum Gasteiger partial charge on any atom is 0.323 e. The molecular formula is C15H23NO2. The van der Waals surface area contributed by atoms with Crippen LogP contribution in [0, 0.1) is 0 Å². The summed E-state index contributed by atoms with van der Waals surface area (Å²) in [4.78, 5) is 13.5. The SMILES string of the molecule is CCC(c1ccccc1)N(CC)C(C)(C)C(=O)O. The van der Waals surface area contributed by atoms with Crippen molar-refractivity contribution in [2.24, 2.45) is 0 Å². The summed E-state index contributed by atoms with van der Waals surface area (Å²) in [6.45, 7) is 8.36. The van der Waals surface area contributed by atoms with Gasteiger partial charge in [-0.1, -0.05) is 44.2 Å². The van der Waals surface area contributed by atoms with Gasteiger partial charge in [0.2, 0.25) is 0 Å². The first-order valence-electron chi connectivity index (χ1n) is 6.50. The first kappa shape index (κ1) is 14.7. The van der Waals surface area contributed by atoms with E-state index < -0.39 is 11.5 Å². The Labute approximate surface area is 109 Å². The van der Waals surface area contributed by atoms with Crippen molar-refractivity contribution in [3.8, 4) is 0 Å². The van der Waals surface area contributed by atoms with Gasteiger partial charge in [-0.15, -0.1) is 0 Å². The molecule has 100 valence electrons. The maximum atomic E-state index is 11.4. The van der Waals surface area contributed by atoms with Gasteiger partial charge in [0.25, 0.3) is 0 Å². The lowest BCUT2D eigenvalue weighted by Gasteiger charge is -2.40. The standard InChI is InChI=1S/C15H23NO2/c1-5-13(12-10-8-7-9-11-12)16(6-2)15(3,4)14(17)18/h7-11,13H,5-6H2,1-4H3,(H,17,18). The molecule has 0 heterocycles. The largest absolute Gasteiger partial charge is 0.480 e. The average molecular weight is 249 g/mol. The summed E-state index contributed by atoms with van der Waals surface area (Å²) in [5.74, 6) is -0.779. The molecular weight excluding hydrogens is 226 g/mol. The van der Waals surface area contributed by atoms with E-state index in [4.69, 9.17) is 0 Å². The van der Waals surface area contributed by atoms with Gasteiger partial charge in [0.15, 0.2) is 0 Å². The molecule has 0 aromatic heterocycles. The van der Waals surface area contributed by atoms with Gasteiger partial charge in [0.05, 0.1) is 0 Å². The second kappa shape index (κ2) is 6.01. The van der Waals surface area contributed by atoms with Crippen molar-refractivity contribution in [2.45, 2.75) is 45.7 Å². The van der Waals surface area contributed by atoms with Crippen LogP contribution >= 0.6 is 0 Å². The van der Waals surface area contributed by atoms with E-state index >= 15 is 0 Å². The summed E-state index contributed by atoms with van der Waals surface area (Å²) in [6, 6.07) is 10.2. The summed E-state index contributed by atoms with van der Waals surface area (Å²) in [7, 11) is 0. The molecule has 0 amide bonds. The van der Waals surface area contributed by atoms with Crippen molar-refractivity contribution in [3.63, 3.8) is 0 Å². The van der Waals surface area contributed by atoms with Crippen molar-refractivity contribution in [3.05, 3.63) is 35.9 Å². The molecule has 0 radical (unpaired) electrons. The Morgan fingerprint density at radius 1 is 1.28 bits per heavy atom. The van der Waals surface area contributed by atoms with Crippen LogP contribution in [0.15, 0.2) is 30.3 Å². The summed E-state index contributed by atoms with van der Waals surface area (Å²) in [6.07, 6.45) is 0.897. The fraction of sp³-hybridized carbons (Fsp3) is 0.533. The topological polar surface area (TPSA) is 40.5 Å². The lowest BCUT2D eigenvalue weighted by molar-refractivity contribution is -0.151. The molecule has 1 unspecified atom stereocenters. The second-order valence-electron chi connectivity index (χ2n) is 4.98. The first-order valence-corrected chi connectivity index (χ1v) is 6.50. The van der Waals surface area contributed by atoms with Crippen LogP contribution < -0.4 is 0 Å². The smallest absolute Gasteiger partial charge is 0.323 e. The Hall–Kier alpha value is -1.35. The van der Waals surface area contributed by atoms with E-state index in [9.17, 15) is 9.90 Å². The Balaban J connectivity index is 3.09. The maximum absolute atomic E-state index is 11.4. The normalized spacial score (nSPS) is 13.6. The molecule has 1 rings (SSSR count). The lowest BCUT2D eigenvalue weighted by atomic mass is 9.95. The summed E-state index contributed by atoms with van der Waals surface area (Å²) >= 11 is 0. The fourth-order valence-electron chi connectivity index (χ4n) is 2.44. The highest BCUT2D eigenvalue weighted by Crippen LogP contribution is 2.30. The van der Waals surface area contributed by atoms with E-state index in [1.807, 2.05) is 30.0 Å². The van der Waals surface area contributed by atoms with E-state index in [2.05, 4.69) is 19.1 Å². The molecule has 0 saturated heterocycles. The molecule has 0 aliphatic rings. The summed E-state index contributed by atoms with van der Waals surface area (Å²) in [5.41, 5.74) is 0.321. The Morgan fingerprint density at radius 3 is 2.22 bits per heavy atom. The first-order chi connectivity index (χ1) is 8.45. The van der Waals surface area contributed by atoms with Crippen molar-refractivity contribution < 1.29 is 9.90 Å². The number of carbonyl (C=O) groups is 1. The molecule has 3 nitrogen and oxygen atoms in total. The molecule has 18 heavy (non-hydrogen) atoms. The van der Waals surface area contributed by atoms with Crippen molar-refractivity contribution in [1.29, 1.82) is 0 Å². The van der Waals surface area contributed by atoms with E-state index in [0.29, 0.717) is 6.54 Å². The Bertz CT molecular complexity index is 387. The molecule has 0 saturated carbocycles. The van der Waals surface area contributed by atoms with Crippen molar-refractivity contribution in [2.75, 3.05) is 6.54 Å². The zero-order valence-electron chi connectivity index (χ0n) is 11.7. The quantitative estimate of drug-likeness (QED) is 0.840. The van der Waals surface area contributed by atoms with Crippen LogP contribution in [0.2, 0.25) is 0 Å². The molecule has 0 fully saturated rings. The zero-order valence-corrected chi connectivity index (χ0v) is 11.7. The lowest BCUT2D eigenvalue weighted by Crippen LogP contribution is -2.51. The third-order valence-electron chi connectivity index (χ3n) is 3.53. The average Bonchev–Trinajstić information content (AvgIpc) is 2.36. The minimum atomic E-state index is -0.856. The molecule has 0 spiro atoms. The number of hydrogen-bond donors (Lipinski definition) is 1. The zero-order chi connectivity index (χ0) is 13.8. The highest BCUT2D eigenvalue weighted by Gasteiger charge is 2.37. The number of carboxylic acids is 1. The van der Waals surface area contributed by atoms with Crippen LogP contribution in [0.5, 0.6) is 0 Å². The van der Waals surface area contributed by atoms with Gasteiger partial charge in [-0.25, -0.2) is 0 Å². The van der Waals surface area contributed by atoms with Gasteiger partial charge < -0.3 is 5.11 Å². The van der Waals surface area contributed by atoms with Crippen molar-refractivity contribution in [1.82, 2.24) is 4.90 Å². The predicted molar refractivity (Wildman–Crippen MR) is 73.6 cm³/mol. The number of aliphatic carboxylic acids is 1. The van der Waals surface area contributed by atoms with Crippen LogP contribution in [-0.4, -0.2) is 28.1 Å². The van der Waals surface area contributed by atoms with E-state index in [1.54, 1.807) is 13.8 Å². The van der Waals surface area contributed by atoms with E-state index in [-0.39, 0.29) is 6.04 Å². The number of carboxylic acid groups (broad SMARTS) is 1. The minimum Gasteiger partial charge on any atom is -0.480 e. The molecule has 0 aliphatic carbocycles. The number of hydrogen-bond acceptors (Lipinski definition) is 2. The third kappa shape index (κ3) is 2.91. The molecule has 3 heteroatoms. The summed E-state index contributed by atoms with van der Waals surface area (Å²) < 4.78 is 0. The summed E-state index contributed by atoms with van der Waals surface area (Å²) in [5, 5.41) is 9.39. The van der Waals surface area contributed by atoms with Gasteiger partial charge in [-0.3, -0.25) is 9.69 Å². The van der Waals surface area contributed by atoms with Crippen LogP contribution in [0.1, 0.15) is 45.7 Å². The Morgan fingerprint density at radius 2 is 1.83 bits per heavy atom. The molecule has 0 aliphatic heterocycles. The van der Waals surface area contributed by atoms with Gasteiger partial charge in [-0.05, 0) is 32.4 Å². The predicted octanol–water partition coefficient (Wildman–Crippen LogP) is 3.32. The van der Waals surface area contributed by atoms with E-state index in [0.717, 1.165) is 6.42 Å². The monoisotopic (exact) mass is 249 g/mol. The highest BCUT2D eigenvalue weighted by molar-refractivity contribution is 5.77. The number of nitrogens with zero attached hydrogens (tertiary/aromatic N) is 1. The second-order valence-corrected chi connectivity index (χ2v) is 4.98. The van der Waals surface area contributed by atoms with Gasteiger partial charge in [0.1, 0.15) is 5.54 Å². The fourth-order valence-corrected chi connectivity index (χ4v) is 2.44. The number of likely N-dealkylation sites (N-methyl/N-ethyl adjacent to an activating group) is 1. The van der Waals surface area contributed by atoms with Crippen molar-refractivity contribution >= 4 is 5.97 Å².